The van der Waals surface area contributed by atoms with Crippen molar-refractivity contribution in [1.82, 2.24) is 4.90 Å². The van der Waals surface area contributed by atoms with E-state index in [1.807, 2.05) is 37.3 Å². The van der Waals surface area contributed by atoms with E-state index in [2.05, 4.69) is 4.02 Å². The first-order chi connectivity index (χ1) is 12.9. The van der Waals surface area contributed by atoms with Crippen LogP contribution in [0.25, 0.3) is 0 Å². The number of methoxy groups -OCH3 is 1. The number of rotatable bonds is 7. The summed E-state index contributed by atoms with van der Waals surface area (Å²) in [5.74, 6) is 0.125. The minimum absolute atomic E-state index is 0.0223. The van der Waals surface area contributed by atoms with Crippen LogP contribution in [0.3, 0.4) is 0 Å². The molecule has 1 aromatic rings. The molecule has 0 spiro atoms. The summed E-state index contributed by atoms with van der Waals surface area (Å²) in [6.07, 6.45) is 2.28. The van der Waals surface area contributed by atoms with Gasteiger partial charge in [-0.2, -0.15) is 0 Å². The second-order valence-corrected chi connectivity index (χ2v) is 13.8. The average molecular weight is 479 g/mol. The predicted molar refractivity (Wildman–Crippen MR) is 104 cm³/mol. The van der Waals surface area contributed by atoms with Gasteiger partial charge in [-0.3, -0.25) is 0 Å². The number of nitrogens with two attached hydrogens (primary N) is 1. The zero-order valence-corrected chi connectivity index (χ0v) is 18.1. The molecule has 0 bridgehead atoms. The molecule has 2 aliphatic rings. The van der Waals surface area contributed by atoms with Crippen molar-refractivity contribution in [2.45, 2.75) is 27.5 Å². The van der Waals surface area contributed by atoms with Crippen molar-refractivity contribution in [3.05, 3.63) is 51.2 Å². The molecule has 3 rings (SSSR count). The summed E-state index contributed by atoms with van der Waals surface area (Å²) in [4.78, 5) is 26.2. The van der Waals surface area contributed by atoms with Gasteiger partial charge in [0.25, 0.3) is 0 Å². The Morgan fingerprint density at radius 2 is 2.11 bits per heavy atom. The first-order valence-electron chi connectivity index (χ1n) is 8.94. The second kappa shape index (κ2) is 8.49. The van der Waals surface area contributed by atoms with Crippen molar-refractivity contribution in [2.75, 3.05) is 20.3 Å². The van der Waals surface area contributed by atoms with E-state index in [0.29, 0.717) is 16.8 Å². The van der Waals surface area contributed by atoms with Gasteiger partial charge in [0.05, 0.1) is 7.11 Å². The number of allylic oxidation sites excluding steroid dienone is 2. The van der Waals surface area contributed by atoms with Crippen molar-refractivity contribution in [2.24, 2.45) is 5.73 Å². The topological polar surface area (TPSA) is 92.9 Å². The number of amides is 2. The number of ether oxygens (including phenoxy) is 1. The fraction of sp³-hybridized carbons (Fsp3) is 0.400. The number of carbonyl (C=O) groups is 2. The molecular formula is C20H25N2O4Sb. The zero-order valence-electron chi connectivity index (χ0n) is 15.6. The van der Waals surface area contributed by atoms with Crippen LogP contribution in [0, 0.1) is 0 Å². The van der Waals surface area contributed by atoms with Gasteiger partial charge in [0.2, 0.25) is 0 Å². The van der Waals surface area contributed by atoms with Crippen LogP contribution in [0.15, 0.2) is 45.6 Å². The zero-order chi connectivity index (χ0) is 19.6. The fourth-order valence-electron chi connectivity index (χ4n) is 3.39. The number of likely N-dealkylation sites (tertiary alicyclic amines) is 1. The Morgan fingerprint density at radius 1 is 1.41 bits per heavy atom. The molecule has 1 aromatic carbocycles. The summed E-state index contributed by atoms with van der Waals surface area (Å²) < 4.78 is 8.97. The van der Waals surface area contributed by atoms with Gasteiger partial charge in [0.1, 0.15) is 0 Å². The predicted octanol–water partition coefficient (Wildman–Crippen LogP) is 1.74. The summed E-state index contributed by atoms with van der Waals surface area (Å²) >= 11 is -1.45. The summed E-state index contributed by atoms with van der Waals surface area (Å²) in [6, 6.07) is 7.66. The first-order valence-corrected chi connectivity index (χ1v) is 13.7. The van der Waals surface area contributed by atoms with Gasteiger partial charge in [0.15, 0.2) is 0 Å². The number of aliphatic hydroxyl groups is 1. The van der Waals surface area contributed by atoms with E-state index in [1.165, 1.54) is 4.90 Å². The minimum atomic E-state index is -1.45. The first kappa shape index (κ1) is 20.0. The van der Waals surface area contributed by atoms with Crippen LogP contribution in [0.1, 0.15) is 24.8 Å². The van der Waals surface area contributed by atoms with E-state index in [1.54, 1.807) is 7.11 Å². The van der Waals surface area contributed by atoms with Gasteiger partial charge in [-0.15, -0.1) is 0 Å². The second-order valence-electron chi connectivity index (χ2n) is 6.92. The van der Waals surface area contributed by atoms with Gasteiger partial charge in [-0.1, -0.05) is 0 Å². The third kappa shape index (κ3) is 4.56. The van der Waals surface area contributed by atoms with Crippen LogP contribution in [0.5, 0.6) is 5.75 Å². The monoisotopic (exact) mass is 478 g/mol. The summed E-state index contributed by atoms with van der Waals surface area (Å²) in [5.41, 5.74) is 7.66. The van der Waals surface area contributed by atoms with Crippen LogP contribution in [-0.4, -0.2) is 62.3 Å². The number of carbonyl (C=O) groups excluding carboxylic acids is 2. The fourth-order valence-corrected chi connectivity index (χ4v) is 9.47. The Morgan fingerprint density at radius 3 is 2.67 bits per heavy atom. The molecule has 2 aliphatic heterocycles. The molecule has 0 aromatic heterocycles. The Hall–Kier alpha value is -1.78. The van der Waals surface area contributed by atoms with Crippen molar-refractivity contribution >= 4 is 32.0 Å². The summed E-state index contributed by atoms with van der Waals surface area (Å²) in [7, 11) is 1.62. The van der Waals surface area contributed by atoms with E-state index in [4.69, 9.17) is 10.5 Å². The molecule has 6 nitrogen and oxygen atoms in total. The molecule has 0 saturated carbocycles. The number of hydrogen-bond donors (Lipinski definition) is 2. The van der Waals surface area contributed by atoms with Crippen LogP contribution in [-0.2, 0) is 9.59 Å². The number of benzene rings is 1. The third-order valence-corrected chi connectivity index (χ3v) is 11.4. The van der Waals surface area contributed by atoms with E-state index < -0.39 is 26.1 Å². The molecule has 0 radical (unpaired) electrons. The molecule has 144 valence electrons. The van der Waals surface area contributed by atoms with Gasteiger partial charge < -0.3 is 0 Å². The van der Waals surface area contributed by atoms with Crippen LogP contribution in [0.2, 0.25) is 8.23 Å². The SMILES string of the molecule is COc1ccc(C2CC(=O)N(/C(C(N)=O)=C(C)/C=[CH]\[Sb]3[CH2][CH]3CO)C2)cc1. The van der Waals surface area contributed by atoms with Crippen LogP contribution >= 0.6 is 0 Å². The maximum atomic E-state index is 12.6. The summed E-state index contributed by atoms with van der Waals surface area (Å²) in [5, 5.41) is 9.18. The molecule has 2 unspecified atom stereocenters. The van der Waals surface area contributed by atoms with Gasteiger partial charge in [-0.25, -0.2) is 0 Å². The van der Waals surface area contributed by atoms with Gasteiger partial charge >= 0.3 is 160 Å². The molecule has 2 heterocycles. The molecule has 7 heteroatoms. The van der Waals surface area contributed by atoms with Crippen molar-refractivity contribution < 1.29 is 19.4 Å². The maximum absolute atomic E-state index is 12.6. The normalized spacial score (nSPS) is 23.7. The van der Waals surface area contributed by atoms with Crippen molar-refractivity contribution in [3.63, 3.8) is 0 Å². The number of primary amides is 1. The Labute approximate surface area is 166 Å². The molecule has 3 N–H and O–H groups in total. The Kier molecular flexibility index (Phi) is 6.28. The summed E-state index contributed by atoms with van der Waals surface area (Å²) in [6.45, 7) is 2.52. The van der Waals surface area contributed by atoms with Crippen molar-refractivity contribution in [3.8, 4) is 5.75 Å². The third-order valence-electron chi connectivity index (χ3n) is 5.07. The number of nitrogens with zero attached hydrogens (tertiary/aromatic N) is 1. The molecule has 2 atom stereocenters. The van der Waals surface area contributed by atoms with Gasteiger partial charge in [-0.05, 0) is 0 Å². The van der Waals surface area contributed by atoms with E-state index >= 15 is 0 Å². The van der Waals surface area contributed by atoms with E-state index in [0.717, 1.165) is 21.3 Å². The molecule has 2 fully saturated rings. The average Bonchev–Trinajstić information content (AvgIpc) is 3.34. The van der Waals surface area contributed by atoms with Crippen LogP contribution in [0.4, 0.5) is 0 Å². The standard InChI is InChI=1S/C17H19N2O3.C3H6O.Sb/c1-4-11(2)16(17(18)21)19-10-13(9-15(19)20)12-5-7-14(22-3)8-6-12;1-2-3-4;/h1,4-8,13H,9-10H2,2-3H3,(H2,18,21);2,4H,1,3H2;/b4-1?,16-11+;;. The Balaban J connectivity index is 1.78. The number of hydrogen-bond acceptors (Lipinski definition) is 4. The molecule has 0 aliphatic carbocycles. The Bertz CT molecular complexity index is 788. The van der Waals surface area contributed by atoms with E-state index in [-0.39, 0.29) is 24.1 Å². The molecule has 27 heavy (non-hydrogen) atoms. The molecule has 2 amide bonds. The number of aliphatic hydroxyl groups excluding tert-OH is 1. The van der Waals surface area contributed by atoms with Gasteiger partial charge in [0, 0.05) is 0 Å². The van der Waals surface area contributed by atoms with Crippen LogP contribution < -0.4 is 10.5 Å². The van der Waals surface area contributed by atoms with Crippen molar-refractivity contribution in [1.29, 1.82) is 0 Å². The molecular weight excluding hydrogens is 454 g/mol. The molecule has 2 saturated heterocycles. The quantitative estimate of drug-likeness (QED) is 0.354. The van der Waals surface area contributed by atoms with E-state index in [9.17, 15) is 14.7 Å².